The third kappa shape index (κ3) is 3.41. The Balaban J connectivity index is 2.17. The van der Waals surface area contributed by atoms with Gasteiger partial charge in [-0.25, -0.2) is 0 Å². The zero-order chi connectivity index (χ0) is 11.4. The highest BCUT2D eigenvalue weighted by molar-refractivity contribution is 14.1. The molecular formula is C12H8I2S2. The van der Waals surface area contributed by atoms with Crippen molar-refractivity contribution in [2.24, 2.45) is 0 Å². The molecule has 82 valence electrons. The summed E-state index contributed by atoms with van der Waals surface area (Å²) in [6.07, 6.45) is 4.35. The summed E-state index contributed by atoms with van der Waals surface area (Å²) in [5.74, 6) is 0. The Hall–Kier alpha value is 0.340. The van der Waals surface area contributed by atoms with Crippen LogP contribution in [-0.4, -0.2) is 0 Å². The first-order valence-corrected chi connectivity index (χ1v) is 8.50. The minimum atomic E-state index is 1.29. The van der Waals surface area contributed by atoms with Crippen LogP contribution >= 0.6 is 67.9 Å². The maximum atomic E-state index is 2.38. The van der Waals surface area contributed by atoms with Crippen LogP contribution in [0.1, 0.15) is 9.75 Å². The quantitative estimate of drug-likeness (QED) is 0.378. The van der Waals surface area contributed by atoms with Gasteiger partial charge in [0, 0.05) is 16.9 Å². The van der Waals surface area contributed by atoms with E-state index in [9.17, 15) is 0 Å². The summed E-state index contributed by atoms with van der Waals surface area (Å²) in [6.45, 7) is 0. The normalized spacial score (nSPS) is 13.1. The van der Waals surface area contributed by atoms with Crippen LogP contribution < -0.4 is 0 Å². The molecule has 0 spiro atoms. The summed E-state index contributed by atoms with van der Waals surface area (Å²) in [5.41, 5.74) is 0. The largest absolute Gasteiger partial charge is 0.143 e. The van der Waals surface area contributed by atoms with Crippen LogP contribution in [0.5, 0.6) is 0 Å². The van der Waals surface area contributed by atoms with E-state index in [0.29, 0.717) is 0 Å². The van der Waals surface area contributed by atoms with Crippen LogP contribution in [0.25, 0.3) is 7.16 Å². The molecule has 0 aliphatic rings. The Labute approximate surface area is 130 Å². The molecule has 2 aromatic rings. The highest BCUT2D eigenvalue weighted by Gasteiger charge is 1.98. The van der Waals surface area contributed by atoms with Crippen LogP contribution in [0.4, 0.5) is 0 Å². The SMILES string of the molecule is I/C(=C\C=C(/I)c1cccs1)c1cccs1. The zero-order valence-electron chi connectivity index (χ0n) is 8.19. The van der Waals surface area contributed by atoms with Crippen molar-refractivity contribution in [3.63, 3.8) is 0 Å². The number of hydrogen-bond donors (Lipinski definition) is 0. The molecule has 0 fully saturated rings. The predicted molar refractivity (Wildman–Crippen MR) is 92.6 cm³/mol. The molecule has 2 rings (SSSR count). The molecule has 0 bridgehead atoms. The lowest BCUT2D eigenvalue weighted by molar-refractivity contribution is 1.91. The second kappa shape index (κ2) is 6.32. The van der Waals surface area contributed by atoms with Crippen molar-refractivity contribution in [1.29, 1.82) is 0 Å². The fraction of sp³-hybridized carbons (Fsp3) is 0. The van der Waals surface area contributed by atoms with Gasteiger partial charge in [0.2, 0.25) is 0 Å². The second-order valence-electron chi connectivity index (χ2n) is 2.98. The maximum Gasteiger partial charge on any atom is 0.0403 e. The molecule has 0 aliphatic carbocycles. The molecule has 0 radical (unpaired) electrons. The van der Waals surface area contributed by atoms with Crippen LogP contribution in [0.15, 0.2) is 47.2 Å². The molecule has 0 nitrogen and oxygen atoms in total. The van der Waals surface area contributed by atoms with Gasteiger partial charge in [-0.1, -0.05) is 12.1 Å². The Kier molecular flexibility index (Phi) is 5.05. The monoisotopic (exact) mass is 470 g/mol. The van der Waals surface area contributed by atoms with Gasteiger partial charge in [0.1, 0.15) is 0 Å². The van der Waals surface area contributed by atoms with Crippen LogP contribution in [0.2, 0.25) is 0 Å². The molecular weight excluding hydrogens is 462 g/mol. The maximum absolute atomic E-state index is 2.38. The van der Waals surface area contributed by atoms with E-state index in [2.05, 4.69) is 92.4 Å². The first-order valence-electron chi connectivity index (χ1n) is 4.58. The van der Waals surface area contributed by atoms with Gasteiger partial charge in [-0.05, 0) is 80.2 Å². The smallest absolute Gasteiger partial charge is 0.0403 e. The summed E-state index contributed by atoms with van der Waals surface area (Å²) in [6, 6.07) is 8.46. The summed E-state index contributed by atoms with van der Waals surface area (Å²) in [5, 5.41) is 4.21. The lowest BCUT2D eigenvalue weighted by Gasteiger charge is -1.93. The van der Waals surface area contributed by atoms with Crippen molar-refractivity contribution in [3.05, 3.63) is 56.9 Å². The Morgan fingerprint density at radius 1 is 0.875 bits per heavy atom. The van der Waals surface area contributed by atoms with Crippen LogP contribution in [0, 0.1) is 0 Å². The third-order valence-electron chi connectivity index (χ3n) is 1.89. The number of hydrogen-bond acceptors (Lipinski definition) is 2. The molecule has 0 aromatic carbocycles. The molecule has 0 saturated heterocycles. The Morgan fingerprint density at radius 2 is 1.31 bits per heavy atom. The first-order chi connectivity index (χ1) is 7.77. The molecule has 2 heterocycles. The summed E-state index contributed by atoms with van der Waals surface area (Å²) in [4.78, 5) is 2.65. The van der Waals surface area contributed by atoms with Gasteiger partial charge in [0.25, 0.3) is 0 Å². The standard InChI is InChI=1S/C12H8I2S2/c13-9(11-3-1-7-15-11)5-6-10(14)12-4-2-8-16-12/h1-8H/b9-5-,10-6-. The fourth-order valence-electron chi connectivity index (χ4n) is 1.14. The lowest BCUT2D eigenvalue weighted by atomic mass is 10.3. The first kappa shape index (κ1) is 12.8. The number of halogens is 2. The molecule has 4 heteroatoms. The number of allylic oxidation sites excluding steroid dienone is 2. The zero-order valence-corrected chi connectivity index (χ0v) is 14.1. The highest BCUT2D eigenvalue weighted by Crippen LogP contribution is 2.29. The number of thiophene rings is 2. The van der Waals surface area contributed by atoms with E-state index >= 15 is 0 Å². The molecule has 16 heavy (non-hydrogen) atoms. The lowest BCUT2D eigenvalue weighted by Crippen LogP contribution is -1.67. The van der Waals surface area contributed by atoms with E-state index in [0.717, 1.165) is 0 Å². The van der Waals surface area contributed by atoms with Crippen molar-refractivity contribution >= 4 is 75.0 Å². The minimum Gasteiger partial charge on any atom is -0.143 e. The summed E-state index contributed by atoms with van der Waals surface area (Å²) in [7, 11) is 0. The van der Waals surface area contributed by atoms with Gasteiger partial charge in [-0.15, -0.1) is 22.7 Å². The van der Waals surface area contributed by atoms with E-state index in [1.807, 2.05) is 0 Å². The van der Waals surface area contributed by atoms with E-state index in [4.69, 9.17) is 0 Å². The average Bonchev–Trinajstić information content (AvgIpc) is 2.95. The van der Waals surface area contributed by atoms with Crippen molar-refractivity contribution in [1.82, 2.24) is 0 Å². The highest BCUT2D eigenvalue weighted by atomic mass is 127. The fourth-order valence-corrected chi connectivity index (χ4v) is 3.90. The van der Waals surface area contributed by atoms with Crippen LogP contribution in [-0.2, 0) is 0 Å². The van der Waals surface area contributed by atoms with Gasteiger partial charge < -0.3 is 0 Å². The molecule has 0 N–H and O–H groups in total. The van der Waals surface area contributed by atoms with Crippen LogP contribution in [0.3, 0.4) is 0 Å². The second-order valence-corrected chi connectivity index (χ2v) is 7.20. The van der Waals surface area contributed by atoms with Gasteiger partial charge in [-0.2, -0.15) is 0 Å². The topological polar surface area (TPSA) is 0 Å². The van der Waals surface area contributed by atoms with E-state index in [1.54, 1.807) is 22.7 Å². The van der Waals surface area contributed by atoms with Gasteiger partial charge in [-0.3, -0.25) is 0 Å². The average molecular weight is 470 g/mol. The summed E-state index contributed by atoms with van der Waals surface area (Å²) >= 11 is 8.32. The van der Waals surface area contributed by atoms with Gasteiger partial charge in [0.05, 0.1) is 0 Å². The van der Waals surface area contributed by atoms with Crippen molar-refractivity contribution in [3.8, 4) is 0 Å². The number of rotatable bonds is 3. The van der Waals surface area contributed by atoms with Gasteiger partial charge >= 0.3 is 0 Å². The molecule has 0 atom stereocenters. The predicted octanol–water partition coefficient (Wildman–Crippen LogP) is 6.06. The van der Waals surface area contributed by atoms with Gasteiger partial charge in [0.15, 0.2) is 0 Å². The Morgan fingerprint density at radius 3 is 1.62 bits per heavy atom. The van der Waals surface area contributed by atoms with E-state index in [-0.39, 0.29) is 0 Å². The van der Waals surface area contributed by atoms with Crippen molar-refractivity contribution in [2.45, 2.75) is 0 Å². The van der Waals surface area contributed by atoms with Crippen molar-refractivity contribution in [2.75, 3.05) is 0 Å². The molecule has 0 unspecified atom stereocenters. The third-order valence-corrected chi connectivity index (χ3v) is 6.31. The molecule has 2 aromatic heterocycles. The molecule has 0 amide bonds. The van der Waals surface area contributed by atoms with Crippen molar-refractivity contribution < 1.29 is 0 Å². The summed E-state index contributed by atoms with van der Waals surface area (Å²) < 4.78 is 2.58. The Bertz CT molecular complexity index is 445. The molecule has 0 saturated carbocycles. The molecule has 0 aliphatic heterocycles. The van der Waals surface area contributed by atoms with E-state index in [1.165, 1.54) is 16.9 Å². The van der Waals surface area contributed by atoms with E-state index < -0.39 is 0 Å². The minimum absolute atomic E-state index is 1.29.